The summed E-state index contributed by atoms with van der Waals surface area (Å²) in [5.41, 5.74) is 7.11. The van der Waals surface area contributed by atoms with E-state index in [0.29, 0.717) is 0 Å². The molecular formula is C15H15Cl2NS. The van der Waals surface area contributed by atoms with E-state index in [1.165, 1.54) is 0 Å². The maximum atomic E-state index is 6.02. The molecule has 1 nitrogen and oxygen atoms in total. The van der Waals surface area contributed by atoms with E-state index in [0.717, 1.165) is 20.4 Å². The van der Waals surface area contributed by atoms with Gasteiger partial charge >= 0.3 is 0 Å². The van der Waals surface area contributed by atoms with Crippen LogP contribution in [0.2, 0.25) is 5.02 Å². The highest BCUT2D eigenvalue weighted by atomic mass is 35.5. The van der Waals surface area contributed by atoms with Crippen LogP contribution in [-0.2, 0) is 0 Å². The van der Waals surface area contributed by atoms with Crippen molar-refractivity contribution in [2.75, 3.05) is 0 Å². The minimum Gasteiger partial charge on any atom is -0.321 e. The summed E-state index contributed by atoms with van der Waals surface area (Å²) in [7, 11) is 0. The predicted octanol–water partition coefficient (Wildman–Crippen LogP) is 5.10. The van der Waals surface area contributed by atoms with Crippen molar-refractivity contribution in [1.82, 2.24) is 0 Å². The SMILES string of the molecule is C=C[C@H](N)c1ccccc1Sc1ccc(Cl)cc1.Cl. The Hall–Kier alpha value is -0.930. The molecule has 2 rings (SSSR count). The molecule has 0 unspecified atom stereocenters. The number of benzene rings is 2. The highest BCUT2D eigenvalue weighted by Gasteiger charge is 2.08. The van der Waals surface area contributed by atoms with E-state index >= 15 is 0 Å². The van der Waals surface area contributed by atoms with Crippen LogP contribution in [-0.4, -0.2) is 0 Å². The second-order valence-electron chi connectivity index (χ2n) is 3.86. The third-order valence-corrected chi connectivity index (χ3v) is 3.93. The van der Waals surface area contributed by atoms with Crippen LogP contribution in [0.1, 0.15) is 11.6 Å². The lowest BCUT2D eigenvalue weighted by Gasteiger charge is -2.12. The summed E-state index contributed by atoms with van der Waals surface area (Å²) in [4.78, 5) is 2.29. The Morgan fingerprint density at radius 1 is 1.11 bits per heavy atom. The topological polar surface area (TPSA) is 26.0 Å². The fourth-order valence-corrected chi connectivity index (χ4v) is 2.73. The van der Waals surface area contributed by atoms with E-state index in [9.17, 15) is 0 Å². The Balaban J connectivity index is 0.00000180. The fraction of sp³-hybridized carbons (Fsp3) is 0.0667. The van der Waals surface area contributed by atoms with Gasteiger partial charge in [0.05, 0.1) is 0 Å². The van der Waals surface area contributed by atoms with Gasteiger partial charge in [-0.3, -0.25) is 0 Å². The van der Waals surface area contributed by atoms with Crippen molar-refractivity contribution in [2.45, 2.75) is 15.8 Å². The van der Waals surface area contributed by atoms with Crippen LogP contribution in [0.15, 0.2) is 71.0 Å². The molecule has 0 fully saturated rings. The summed E-state index contributed by atoms with van der Waals surface area (Å²) < 4.78 is 0. The molecule has 0 saturated heterocycles. The average Bonchev–Trinajstić information content (AvgIpc) is 2.41. The van der Waals surface area contributed by atoms with Crippen molar-refractivity contribution in [2.24, 2.45) is 5.73 Å². The van der Waals surface area contributed by atoms with E-state index in [4.69, 9.17) is 17.3 Å². The minimum atomic E-state index is -0.138. The molecule has 0 aromatic heterocycles. The Kier molecular flexibility index (Phi) is 6.46. The summed E-state index contributed by atoms with van der Waals surface area (Å²) in [6, 6.07) is 15.7. The van der Waals surface area contributed by atoms with Gasteiger partial charge in [-0.15, -0.1) is 19.0 Å². The molecule has 4 heteroatoms. The van der Waals surface area contributed by atoms with Gasteiger partial charge in [-0.05, 0) is 35.9 Å². The number of hydrogen-bond acceptors (Lipinski definition) is 2. The van der Waals surface area contributed by atoms with Gasteiger partial charge in [0.1, 0.15) is 0 Å². The lowest BCUT2D eigenvalue weighted by atomic mass is 10.1. The van der Waals surface area contributed by atoms with E-state index in [1.807, 2.05) is 42.5 Å². The Bertz CT molecular complexity index is 540. The zero-order chi connectivity index (χ0) is 13.0. The molecule has 100 valence electrons. The predicted molar refractivity (Wildman–Crippen MR) is 86.4 cm³/mol. The lowest BCUT2D eigenvalue weighted by Crippen LogP contribution is -2.07. The summed E-state index contributed by atoms with van der Waals surface area (Å²) in [6.45, 7) is 3.75. The van der Waals surface area contributed by atoms with Crippen molar-refractivity contribution in [1.29, 1.82) is 0 Å². The normalized spacial score (nSPS) is 11.5. The monoisotopic (exact) mass is 311 g/mol. The average molecular weight is 312 g/mol. The molecule has 19 heavy (non-hydrogen) atoms. The van der Waals surface area contributed by atoms with Crippen molar-refractivity contribution in [3.63, 3.8) is 0 Å². The van der Waals surface area contributed by atoms with E-state index in [-0.39, 0.29) is 18.4 Å². The van der Waals surface area contributed by atoms with Gasteiger partial charge in [0, 0.05) is 20.9 Å². The van der Waals surface area contributed by atoms with Crippen LogP contribution < -0.4 is 5.73 Å². The number of halogens is 2. The summed E-state index contributed by atoms with van der Waals surface area (Å²) >= 11 is 7.56. The number of rotatable bonds is 4. The van der Waals surface area contributed by atoms with Crippen molar-refractivity contribution >= 4 is 35.8 Å². The molecule has 0 heterocycles. The Labute approximate surface area is 129 Å². The molecule has 0 saturated carbocycles. The van der Waals surface area contributed by atoms with E-state index in [1.54, 1.807) is 17.8 Å². The molecule has 0 aliphatic rings. The summed E-state index contributed by atoms with van der Waals surface area (Å²) in [5, 5.41) is 0.746. The molecule has 0 bridgehead atoms. The molecule has 0 aliphatic carbocycles. The smallest absolute Gasteiger partial charge is 0.0489 e. The van der Waals surface area contributed by atoms with Gasteiger partial charge in [0.2, 0.25) is 0 Å². The molecule has 2 aromatic rings. The molecule has 0 spiro atoms. The minimum absolute atomic E-state index is 0. The van der Waals surface area contributed by atoms with E-state index < -0.39 is 0 Å². The Morgan fingerprint density at radius 3 is 2.37 bits per heavy atom. The first kappa shape index (κ1) is 16.1. The second kappa shape index (κ2) is 7.61. The third-order valence-electron chi connectivity index (χ3n) is 2.57. The van der Waals surface area contributed by atoms with Crippen molar-refractivity contribution in [3.8, 4) is 0 Å². The standard InChI is InChI=1S/C15H14ClNS.ClH/c1-2-14(17)13-5-3-4-6-15(13)18-12-9-7-11(16)8-10-12;/h2-10,14H,1,17H2;1H/t14-;/m0./s1. The molecule has 0 radical (unpaired) electrons. The van der Waals surface area contributed by atoms with Gasteiger partial charge in [-0.25, -0.2) is 0 Å². The first-order valence-electron chi connectivity index (χ1n) is 5.61. The van der Waals surface area contributed by atoms with Crippen LogP contribution in [0.25, 0.3) is 0 Å². The maximum Gasteiger partial charge on any atom is 0.0489 e. The quantitative estimate of drug-likeness (QED) is 0.795. The van der Waals surface area contributed by atoms with Gasteiger partial charge in [-0.2, -0.15) is 0 Å². The third kappa shape index (κ3) is 4.29. The van der Waals surface area contributed by atoms with Crippen molar-refractivity contribution in [3.05, 3.63) is 71.8 Å². The molecule has 2 N–H and O–H groups in total. The number of nitrogens with two attached hydrogens (primary N) is 1. The molecule has 1 atom stereocenters. The first-order chi connectivity index (χ1) is 8.70. The van der Waals surface area contributed by atoms with E-state index in [2.05, 4.69) is 12.6 Å². The van der Waals surface area contributed by atoms with Crippen LogP contribution in [0.3, 0.4) is 0 Å². The van der Waals surface area contributed by atoms with Gasteiger partial charge in [-0.1, -0.05) is 47.6 Å². The van der Waals surface area contributed by atoms with Crippen LogP contribution in [0.4, 0.5) is 0 Å². The molecular weight excluding hydrogens is 297 g/mol. The van der Waals surface area contributed by atoms with Crippen LogP contribution in [0, 0.1) is 0 Å². The highest BCUT2D eigenvalue weighted by molar-refractivity contribution is 7.99. The summed E-state index contributed by atoms with van der Waals surface area (Å²) in [5.74, 6) is 0. The highest BCUT2D eigenvalue weighted by Crippen LogP contribution is 2.33. The number of hydrogen-bond donors (Lipinski definition) is 1. The van der Waals surface area contributed by atoms with Gasteiger partial charge in [0.15, 0.2) is 0 Å². The largest absolute Gasteiger partial charge is 0.321 e. The maximum absolute atomic E-state index is 6.02. The lowest BCUT2D eigenvalue weighted by molar-refractivity contribution is 0.886. The second-order valence-corrected chi connectivity index (χ2v) is 5.41. The Morgan fingerprint density at radius 2 is 1.74 bits per heavy atom. The van der Waals surface area contributed by atoms with Crippen LogP contribution >= 0.6 is 35.8 Å². The zero-order valence-electron chi connectivity index (χ0n) is 10.3. The fourth-order valence-electron chi connectivity index (χ4n) is 1.61. The van der Waals surface area contributed by atoms with Crippen LogP contribution in [0.5, 0.6) is 0 Å². The molecule has 0 amide bonds. The van der Waals surface area contributed by atoms with Gasteiger partial charge in [0.25, 0.3) is 0 Å². The van der Waals surface area contributed by atoms with Gasteiger partial charge < -0.3 is 5.73 Å². The summed E-state index contributed by atoms with van der Waals surface area (Å²) in [6.07, 6.45) is 1.75. The molecule has 0 aliphatic heterocycles. The van der Waals surface area contributed by atoms with Crippen molar-refractivity contribution < 1.29 is 0 Å². The zero-order valence-corrected chi connectivity index (χ0v) is 12.6. The first-order valence-corrected chi connectivity index (χ1v) is 6.80. The molecule has 2 aromatic carbocycles.